The molecule has 0 radical (unpaired) electrons. The highest BCUT2D eigenvalue weighted by molar-refractivity contribution is 8.11. The van der Waals surface area contributed by atoms with Crippen LogP contribution in [0.2, 0.25) is 0 Å². The van der Waals surface area contributed by atoms with Crippen molar-refractivity contribution in [2.24, 2.45) is 10.8 Å². The second kappa shape index (κ2) is 7.58. The van der Waals surface area contributed by atoms with E-state index in [4.69, 9.17) is 46.2 Å². The quantitative estimate of drug-likeness (QED) is 0.643. The second-order valence-corrected chi connectivity index (χ2v) is 11.7. The van der Waals surface area contributed by atoms with Crippen molar-refractivity contribution in [3.8, 4) is 0 Å². The van der Waals surface area contributed by atoms with E-state index in [1.54, 1.807) is 7.11 Å². The van der Waals surface area contributed by atoms with Gasteiger partial charge < -0.3 is 18.3 Å². The van der Waals surface area contributed by atoms with Crippen LogP contribution in [-0.2, 0) is 46.2 Å². The van der Waals surface area contributed by atoms with Crippen molar-refractivity contribution in [1.29, 1.82) is 0 Å². The van der Waals surface area contributed by atoms with Gasteiger partial charge in [-0.2, -0.15) is 0 Å². The van der Waals surface area contributed by atoms with E-state index in [1.807, 2.05) is 13.8 Å². The average Bonchev–Trinajstić information content (AvgIpc) is 2.32. The Kier molecular flexibility index (Phi) is 7.26. The molecule has 1 aliphatic rings. The summed E-state index contributed by atoms with van der Waals surface area (Å²) >= 11 is 10.5. The Bertz CT molecular complexity index is 386. The molecule has 1 rings (SSSR count). The lowest BCUT2D eigenvalue weighted by molar-refractivity contribution is 0.0383. The third kappa shape index (κ3) is 6.91. The summed E-state index contributed by atoms with van der Waals surface area (Å²) in [5, 5.41) is 0. The van der Waals surface area contributed by atoms with Gasteiger partial charge in [0.2, 0.25) is 0 Å². The Labute approximate surface area is 132 Å². The van der Waals surface area contributed by atoms with Crippen molar-refractivity contribution in [1.82, 2.24) is 0 Å². The van der Waals surface area contributed by atoms with Crippen LogP contribution >= 0.6 is 13.9 Å². The molecule has 1 saturated heterocycles. The van der Waals surface area contributed by atoms with Crippen LogP contribution in [0.5, 0.6) is 0 Å². The van der Waals surface area contributed by atoms with Gasteiger partial charge in [-0.05, 0) is 23.6 Å². The van der Waals surface area contributed by atoms with Crippen molar-refractivity contribution in [3.63, 3.8) is 0 Å². The first-order chi connectivity index (χ1) is 9.08. The van der Waals surface area contributed by atoms with Gasteiger partial charge in [-0.15, -0.1) is 0 Å². The van der Waals surface area contributed by atoms with Crippen LogP contribution in [0.3, 0.4) is 0 Å². The van der Waals surface area contributed by atoms with E-state index < -0.39 is 13.9 Å². The van der Waals surface area contributed by atoms with Crippen LogP contribution in [0.4, 0.5) is 0 Å². The largest absolute Gasteiger partial charge is 0.384 e. The Hall–Kier alpha value is 1.10. The number of hydrogen-bond acceptors (Lipinski definition) is 7. The molecule has 0 bridgehead atoms. The van der Waals surface area contributed by atoms with E-state index in [0.717, 1.165) is 0 Å². The monoisotopic (exact) mass is 362 g/mol. The van der Waals surface area contributed by atoms with E-state index in [9.17, 15) is 0 Å². The van der Waals surface area contributed by atoms with Gasteiger partial charge in [0.15, 0.2) is 7.15 Å². The van der Waals surface area contributed by atoms with Gasteiger partial charge in [0, 0.05) is 17.9 Å². The zero-order valence-electron chi connectivity index (χ0n) is 12.6. The molecule has 5 nitrogen and oxygen atoms in total. The first-order valence-electron chi connectivity index (χ1n) is 6.32. The van der Waals surface area contributed by atoms with Crippen LogP contribution < -0.4 is 0 Å². The predicted octanol–water partition coefficient (Wildman–Crippen LogP) is 3.50. The molecule has 1 aliphatic heterocycles. The SMILES string of the molecule is COCC(C)(C)CO[PH](=S)OP1(=S)OCC(C)(C)CO1. The Morgan fingerprint density at radius 2 is 1.80 bits per heavy atom. The summed E-state index contributed by atoms with van der Waals surface area (Å²) in [7, 11) is -0.251. The zero-order valence-corrected chi connectivity index (χ0v) is 16.2. The van der Waals surface area contributed by atoms with Crippen LogP contribution in [-0.4, -0.2) is 33.5 Å². The third-order valence-electron chi connectivity index (χ3n) is 2.53. The van der Waals surface area contributed by atoms with Crippen LogP contribution in [0, 0.1) is 10.8 Å². The summed E-state index contributed by atoms with van der Waals surface area (Å²) < 4.78 is 27.4. The van der Waals surface area contributed by atoms with Crippen molar-refractivity contribution in [2.45, 2.75) is 27.7 Å². The van der Waals surface area contributed by atoms with Gasteiger partial charge in [0.05, 0.1) is 26.4 Å². The van der Waals surface area contributed by atoms with E-state index in [1.165, 1.54) is 0 Å². The molecule has 9 heteroatoms. The zero-order chi connectivity index (χ0) is 15.4. The predicted molar refractivity (Wildman–Crippen MR) is 88.3 cm³/mol. The Balaban J connectivity index is 2.41. The van der Waals surface area contributed by atoms with Crippen LogP contribution in [0.25, 0.3) is 0 Å². The van der Waals surface area contributed by atoms with E-state index in [0.29, 0.717) is 26.4 Å². The van der Waals surface area contributed by atoms with Gasteiger partial charge in [0.1, 0.15) is 0 Å². The molecule has 20 heavy (non-hydrogen) atoms. The smallest absolute Gasteiger partial charge is 0.332 e. The number of methoxy groups -OCH3 is 1. The molecule has 0 spiro atoms. The van der Waals surface area contributed by atoms with E-state index >= 15 is 0 Å². The van der Waals surface area contributed by atoms with Crippen molar-refractivity contribution in [3.05, 3.63) is 0 Å². The molecule has 1 heterocycles. The van der Waals surface area contributed by atoms with Crippen LogP contribution in [0.15, 0.2) is 0 Å². The molecule has 0 aromatic carbocycles. The highest BCUT2D eigenvalue weighted by Gasteiger charge is 2.35. The molecule has 0 saturated carbocycles. The van der Waals surface area contributed by atoms with E-state index in [2.05, 4.69) is 13.8 Å². The van der Waals surface area contributed by atoms with Crippen molar-refractivity contribution in [2.75, 3.05) is 33.5 Å². The lowest BCUT2D eigenvalue weighted by atomic mass is 9.97. The molecule has 0 N–H and O–H groups in total. The molecule has 1 atom stereocenters. The molecule has 1 unspecified atom stereocenters. The lowest BCUT2D eigenvalue weighted by Crippen LogP contribution is -2.29. The minimum atomic E-state index is -2.73. The number of ether oxygens (including phenoxy) is 1. The van der Waals surface area contributed by atoms with Gasteiger partial charge in [-0.25, -0.2) is 0 Å². The summed E-state index contributed by atoms with van der Waals surface area (Å²) in [5.74, 6) is 0. The summed E-state index contributed by atoms with van der Waals surface area (Å²) in [4.78, 5) is 0. The van der Waals surface area contributed by atoms with Crippen molar-refractivity contribution < 1.29 is 22.6 Å². The maximum absolute atomic E-state index is 5.59. The fourth-order valence-corrected chi connectivity index (χ4v) is 6.81. The molecule has 0 aliphatic carbocycles. The third-order valence-corrected chi connectivity index (χ3v) is 7.62. The average molecular weight is 362 g/mol. The van der Waals surface area contributed by atoms with Gasteiger partial charge in [-0.1, -0.05) is 27.7 Å². The minimum absolute atomic E-state index is 0.0403. The van der Waals surface area contributed by atoms with Gasteiger partial charge >= 0.3 is 6.72 Å². The Morgan fingerprint density at radius 3 is 2.30 bits per heavy atom. The highest BCUT2D eigenvalue weighted by atomic mass is 32.5. The summed E-state index contributed by atoms with van der Waals surface area (Å²) in [5.41, 5.74) is -0.155. The first-order valence-corrected chi connectivity index (χ1v) is 11.3. The van der Waals surface area contributed by atoms with E-state index in [-0.39, 0.29) is 10.8 Å². The number of hydrogen-bond donors (Lipinski definition) is 0. The summed E-state index contributed by atoms with van der Waals surface area (Å²) in [6.45, 7) is 7.53. The molecule has 0 aromatic rings. The molecule has 0 aromatic heterocycles. The highest BCUT2D eigenvalue weighted by Crippen LogP contribution is 2.60. The maximum Gasteiger partial charge on any atom is 0.332 e. The standard InChI is InChI=1S/C11H24O5P2S2/c1-10(2,6-12-5)7-13-17(19)16-18(20)14-8-11(3,4)9-15-18/h17H,6-9H2,1-5H3. The fourth-order valence-electron chi connectivity index (χ4n) is 1.44. The van der Waals surface area contributed by atoms with Crippen LogP contribution in [0.1, 0.15) is 27.7 Å². The Morgan fingerprint density at radius 1 is 1.25 bits per heavy atom. The first kappa shape index (κ1) is 19.1. The second-order valence-electron chi connectivity index (χ2n) is 6.39. The molecular weight excluding hydrogens is 338 g/mol. The summed E-state index contributed by atoms with van der Waals surface area (Å²) in [6.07, 6.45) is 0. The molecule has 0 amide bonds. The lowest BCUT2D eigenvalue weighted by Gasteiger charge is -2.35. The molecule has 1 fully saturated rings. The molecule has 120 valence electrons. The van der Waals surface area contributed by atoms with Crippen molar-refractivity contribution >= 4 is 37.5 Å². The van der Waals surface area contributed by atoms with Gasteiger partial charge in [-0.3, -0.25) is 4.31 Å². The normalized spacial score (nSPS) is 23.4. The number of rotatable bonds is 7. The molecular formula is C11H24O5P2S2. The van der Waals surface area contributed by atoms with Gasteiger partial charge in [0.25, 0.3) is 0 Å². The topological polar surface area (TPSA) is 46.2 Å². The summed E-state index contributed by atoms with van der Waals surface area (Å²) in [6, 6.07) is 0. The fraction of sp³-hybridized carbons (Fsp3) is 1.00. The minimum Gasteiger partial charge on any atom is -0.384 e. The maximum atomic E-state index is 5.59.